The van der Waals surface area contributed by atoms with Gasteiger partial charge in [-0.25, -0.2) is 17.9 Å². The summed E-state index contributed by atoms with van der Waals surface area (Å²) < 4.78 is 45.5. The highest BCUT2D eigenvalue weighted by molar-refractivity contribution is 7.89. The van der Waals surface area contributed by atoms with Gasteiger partial charge in [-0.2, -0.15) is 0 Å². The molecule has 51 heavy (non-hydrogen) atoms. The lowest BCUT2D eigenvalue weighted by atomic mass is 10.0. The number of nitrogens with one attached hydrogen (secondary N) is 1. The lowest BCUT2D eigenvalue weighted by Crippen LogP contribution is -2.47. The van der Waals surface area contributed by atoms with Crippen LogP contribution in [0.15, 0.2) is 72.9 Å². The maximum absolute atomic E-state index is 13.6. The molecule has 2 atom stereocenters. The Labute approximate surface area is 306 Å². The highest BCUT2D eigenvalue weighted by Crippen LogP contribution is 2.31. The lowest BCUT2D eigenvalue weighted by molar-refractivity contribution is -0.197. The molecule has 3 aromatic carbocycles. The Balaban J connectivity index is 1.27. The van der Waals surface area contributed by atoms with E-state index in [0.29, 0.717) is 35.5 Å². The van der Waals surface area contributed by atoms with Gasteiger partial charge in [-0.15, -0.1) is 0 Å². The first-order valence-electron chi connectivity index (χ1n) is 17.3. The van der Waals surface area contributed by atoms with E-state index in [1.807, 2.05) is 99.8 Å². The first kappa shape index (κ1) is 38.3. The Bertz CT molecular complexity index is 1950. The van der Waals surface area contributed by atoms with Crippen LogP contribution >= 0.6 is 11.6 Å². The third-order valence-corrected chi connectivity index (χ3v) is 9.68. The number of sulfonamides is 1. The Morgan fingerprint density at radius 2 is 1.76 bits per heavy atom. The molecule has 10 nitrogen and oxygen atoms in total. The number of ether oxygens (including phenoxy) is 3. The van der Waals surface area contributed by atoms with Gasteiger partial charge in [0, 0.05) is 46.9 Å². The SMILES string of the molecule is CC(C)n1cc(C(=O)NS(C)(=O)=O)c2ccc(-c3ccc(CCN(C(=O)OC[C@H](OC4CCCCO4)c4cccc(Cl)c4)C(C)(C)C)cc3)cc21. The molecule has 0 aliphatic carbocycles. The normalized spacial score (nSPS) is 15.9. The summed E-state index contributed by atoms with van der Waals surface area (Å²) >= 11 is 6.28. The van der Waals surface area contributed by atoms with Crippen LogP contribution in [-0.4, -0.2) is 67.7 Å². The molecule has 12 heteroatoms. The van der Waals surface area contributed by atoms with Crippen molar-refractivity contribution in [2.75, 3.05) is 26.0 Å². The van der Waals surface area contributed by atoms with Crippen LogP contribution in [-0.2, 0) is 30.7 Å². The van der Waals surface area contributed by atoms with Crippen LogP contribution in [0.2, 0.25) is 5.02 Å². The minimum absolute atomic E-state index is 0.0225. The Morgan fingerprint density at radius 3 is 2.39 bits per heavy atom. The van der Waals surface area contributed by atoms with E-state index in [1.165, 1.54) is 0 Å². The van der Waals surface area contributed by atoms with Crippen LogP contribution in [0, 0.1) is 0 Å². The minimum atomic E-state index is -3.70. The molecule has 4 aromatic rings. The van der Waals surface area contributed by atoms with Crippen molar-refractivity contribution in [3.8, 4) is 11.1 Å². The third kappa shape index (κ3) is 10.1. The largest absolute Gasteiger partial charge is 0.446 e. The van der Waals surface area contributed by atoms with Crippen LogP contribution in [0.4, 0.5) is 4.79 Å². The maximum Gasteiger partial charge on any atom is 0.410 e. The van der Waals surface area contributed by atoms with E-state index in [2.05, 4.69) is 4.72 Å². The number of amides is 2. The predicted molar refractivity (Wildman–Crippen MR) is 200 cm³/mol. The number of halogens is 1. The Morgan fingerprint density at radius 1 is 1.04 bits per heavy atom. The van der Waals surface area contributed by atoms with E-state index >= 15 is 0 Å². The lowest BCUT2D eigenvalue weighted by Gasteiger charge is -2.35. The van der Waals surface area contributed by atoms with Gasteiger partial charge < -0.3 is 23.7 Å². The van der Waals surface area contributed by atoms with Crippen LogP contribution in [0.5, 0.6) is 0 Å². The van der Waals surface area contributed by atoms with Crippen molar-refractivity contribution in [1.82, 2.24) is 14.2 Å². The van der Waals surface area contributed by atoms with Crippen LogP contribution in [0.1, 0.15) is 87.5 Å². The van der Waals surface area contributed by atoms with Gasteiger partial charge in [-0.3, -0.25) is 4.79 Å². The number of aromatic nitrogens is 1. The van der Waals surface area contributed by atoms with Gasteiger partial charge in [0.15, 0.2) is 6.29 Å². The van der Waals surface area contributed by atoms with E-state index in [1.54, 1.807) is 17.2 Å². The average Bonchev–Trinajstić information content (AvgIpc) is 3.46. The van der Waals surface area contributed by atoms with E-state index in [9.17, 15) is 18.0 Å². The molecule has 5 rings (SSSR count). The summed E-state index contributed by atoms with van der Waals surface area (Å²) in [5, 5.41) is 1.25. The second-order valence-corrected chi connectivity index (χ2v) is 16.5. The second kappa shape index (κ2) is 16.2. The van der Waals surface area contributed by atoms with Gasteiger partial charge in [0.1, 0.15) is 12.7 Å². The van der Waals surface area contributed by atoms with Crippen LogP contribution in [0.25, 0.3) is 22.0 Å². The molecule has 2 heterocycles. The van der Waals surface area contributed by atoms with Gasteiger partial charge in [-0.05, 0) is 101 Å². The number of fused-ring (bicyclic) bond motifs is 1. The molecule has 0 bridgehead atoms. The van der Waals surface area contributed by atoms with Crippen molar-refractivity contribution >= 4 is 44.5 Å². The van der Waals surface area contributed by atoms with E-state index in [4.69, 9.17) is 25.8 Å². The van der Waals surface area contributed by atoms with Crippen LogP contribution in [0.3, 0.4) is 0 Å². The monoisotopic (exact) mass is 737 g/mol. The summed E-state index contributed by atoms with van der Waals surface area (Å²) in [6.45, 7) is 11.1. The smallest absolute Gasteiger partial charge is 0.410 e. The molecule has 2 amide bonds. The van der Waals surface area contributed by atoms with E-state index < -0.39 is 33.7 Å². The number of carbonyl (C=O) groups is 2. The number of hydrogen-bond donors (Lipinski definition) is 1. The molecule has 0 saturated carbocycles. The van der Waals surface area contributed by atoms with E-state index in [0.717, 1.165) is 53.3 Å². The van der Waals surface area contributed by atoms with Gasteiger partial charge >= 0.3 is 6.09 Å². The fourth-order valence-electron chi connectivity index (χ4n) is 6.22. The minimum Gasteiger partial charge on any atom is -0.446 e. The topological polar surface area (TPSA) is 116 Å². The molecule has 1 aromatic heterocycles. The molecule has 0 radical (unpaired) electrons. The van der Waals surface area contributed by atoms with Gasteiger partial charge in [-0.1, -0.05) is 60.1 Å². The molecule has 1 N–H and O–H groups in total. The quantitative estimate of drug-likeness (QED) is 0.156. The average molecular weight is 738 g/mol. The number of carbonyl (C=O) groups excluding carboxylic acids is 2. The highest BCUT2D eigenvalue weighted by Gasteiger charge is 2.30. The summed E-state index contributed by atoms with van der Waals surface area (Å²) in [6, 6.07) is 21.4. The molecule has 1 unspecified atom stereocenters. The fourth-order valence-corrected chi connectivity index (χ4v) is 6.86. The summed E-state index contributed by atoms with van der Waals surface area (Å²) in [5.41, 5.74) is 4.47. The zero-order valence-corrected chi connectivity index (χ0v) is 31.7. The second-order valence-electron chi connectivity index (χ2n) is 14.3. The molecular formula is C39H48ClN3O7S. The zero-order valence-electron chi connectivity index (χ0n) is 30.1. The van der Waals surface area contributed by atoms with Crippen molar-refractivity contribution in [1.29, 1.82) is 0 Å². The molecule has 274 valence electrons. The summed E-state index contributed by atoms with van der Waals surface area (Å²) in [6.07, 6.45) is 4.76. The number of nitrogens with zero attached hydrogens (tertiary/aromatic N) is 2. The first-order valence-corrected chi connectivity index (χ1v) is 19.6. The summed E-state index contributed by atoms with van der Waals surface area (Å²) in [5.74, 6) is -0.657. The molecule has 1 aliphatic heterocycles. The van der Waals surface area contributed by atoms with Crippen molar-refractivity contribution in [2.24, 2.45) is 0 Å². The fraction of sp³-hybridized carbons (Fsp3) is 0.436. The molecular weight excluding hydrogens is 690 g/mol. The summed E-state index contributed by atoms with van der Waals surface area (Å²) in [7, 11) is -3.70. The summed E-state index contributed by atoms with van der Waals surface area (Å²) in [4.78, 5) is 28.1. The van der Waals surface area contributed by atoms with Gasteiger partial charge in [0.2, 0.25) is 10.0 Å². The highest BCUT2D eigenvalue weighted by atomic mass is 35.5. The van der Waals surface area contributed by atoms with Crippen molar-refractivity contribution < 1.29 is 32.2 Å². The van der Waals surface area contributed by atoms with E-state index in [-0.39, 0.29) is 18.9 Å². The molecule has 1 saturated heterocycles. The predicted octanol–water partition coefficient (Wildman–Crippen LogP) is 8.30. The Hall–Kier alpha value is -3.90. The number of hydrogen-bond acceptors (Lipinski definition) is 7. The Kier molecular flexibility index (Phi) is 12.2. The van der Waals surface area contributed by atoms with Gasteiger partial charge in [0.05, 0.1) is 11.8 Å². The number of rotatable bonds is 12. The van der Waals surface area contributed by atoms with Crippen molar-refractivity contribution in [2.45, 2.75) is 84.3 Å². The van der Waals surface area contributed by atoms with Crippen molar-refractivity contribution in [3.63, 3.8) is 0 Å². The zero-order chi connectivity index (χ0) is 36.9. The first-order chi connectivity index (χ1) is 24.1. The maximum atomic E-state index is 13.6. The third-order valence-electron chi connectivity index (χ3n) is 8.89. The molecule has 1 aliphatic rings. The van der Waals surface area contributed by atoms with Gasteiger partial charge in [0.25, 0.3) is 5.91 Å². The molecule has 0 spiro atoms. The standard InChI is InChI=1S/C39H48ClN3O7S/c1-26(2)42-24-33(37(44)41-51(6,46)47)32-18-17-29(23-34(32)42)28-15-13-27(14-16-28)19-20-43(39(3,4)5)38(45)49-25-35(30-10-9-11-31(40)22-30)50-36-12-7-8-21-48-36/h9-11,13-18,22-24,26,35-36H,7-8,12,19-21,25H2,1-6H3,(H,41,44)/t35-,36?/m0/s1. The van der Waals surface area contributed by atoms with Crippen LogP contribution < -0.4 is 4.72 Å². The van der Waals surface area contributed by atoms with Crippen molar-refractivity contribution in [3.05, 3.63) is 94.6 Å². The molecule has 1 fully saturated rings. The number of benzene rings is 3.